The zero-order valence-corrected chi connectivity index (χ0v) is 9.47. The van der Waals surface area contributed by atoms with Gasteiger partial charge in [-0.2, -0.15) is 0 Å². The number of fused-ring (bicyclic) bond motifs is 1. The summed E-state index contributed by atoms with van der Waals surface area (Å²) >= 11 is 0. The van der Waals surface area contributed by atoms with Crippen LogP contribution in [0.25, 0.3) is 0 Å². The van der Waals surface area contributed by atoms with E-state index in [1.807, 2.05) is 0 Å². The molecule has 1 heterocycles. The fourth-order valence-corrected chi connectivity index (χ4v) is 1.41. The summed E-state index contributed by atoms with van der Waals surface area (Å²) in [6.45, 7) is -0.356. The third-order valence-corrected chi connectivity index (χ3v) is 2.28. The number of methoxy groups -OCH3 is 1. The highest BCUT2D eigenvalue weighted by molar-refractivity contribution is 5.92. The number of carbonyl (C=O) groups excluding carboxylic acids is 1. The first-order valence-electron chi connectivity index (χ1n) is 4.98. The second-order valence-corrected chi connectivity index (χ2v) is 3.37. The van der Waals surface area contributed by atoms with Crippen LogP contribution in [0.4, 0.5) is 0 Å². The Kier molecular flexibility index (Phi) is 3.22. The predicted octanol–water partition coefficient (Wildman–Crippen LogP) is 0.665. The summed E-state index contributed by atoms with van der Waals surface area (Å²) in [7, 11) is 1.21. The summed E-state index contributed by atoms with van der Waals surface area (Å²) in [5.74, 6) is -1.06. The third-order valence-electron chi connectivity index (χ3n) is 2.28. The smallest absolute Gasteiger partial charge is 0.343 e. The van der Waals surface area contributed by atoms with E-state index in [-0.39, 0.29) is 24.7 Å². The highest BCUT2D eigenvalue weighted by Gasteiger charge is 2.22. The molecule has 0 unspecified atom stereocenters. The van der Waals surface area contributed by atoms with Crippen LogP contribution in [0.2, 0.25) is 0 Å². The molecule has 2 rings (SSSR count). The summed E-state index contributed by atoms with van der Waals surface area (Å²) in [5.41, 5.74) is -0.108. The molecule has 0 saturated carbocycles. The van der Waals surface area contributed by atoms with Gasteiger partial charge in [0, 0.05) is 12.1 Å². The lowest BCUT2D eigenvalue weighted by atomic mass is 10.2. The van der Waals surface area contributed by atoms with Crippen molar-refractivity contribution < 1.29 is 33.6 Å². The van der Waals surface area contributed by atoms with Crippen LogP contribution >= 0.6 is 0 Å². The number of esters is 1. The maximum Gasteiger partial charge on any atom is 0.343 e. The van der Waals surface area contributed by atoms with Gasteiger partial charge in [0.25, 0.3) is 0 Å². The van der Waals surface area contributed by atoms with E-state index in [2.05, 4.69) is 4.74 Å². The van der Waals surface area contributed by atoms with Gasteiger partial charge in [-0.25, -0.2) is 9.59 Å². The average Bonchev–Trinajstić information content (AvgIpc) is 2.81. The maximum absolute atomic E-state index is 11.0. The minimum Gasteiger partial charge on any atom is -0.481 e. The van der Waals surface area contributed by atoms with Crippen LogP contribution in [0.3, 0.4) is 0 Å². The topological polar surface area (TPSA) is 91.3 Å². The molecule has 0 spiro atoms. The fraction of sp³-hybridized carbons (Fsp3) is 0.273. The van der Waals surface area contributed by atoms with Gasteiger partial charge in [0.1, 0.15) is 11.3 Å². The molecule has 1 aliphatic heterocycles. The molecular formula is C11H10O7. The van der Waals surface area contributed by atoms with Gasteiger partial charge in [-0.05, 0) is 0 Å². The minimum absolute atomic E-state index is 0.0227. The Bertz CT molecular complexity index is 494. The first kappa shape index (κ1) is 12.0. The van der Waals surface area contributed by atoms with E-state index in [0.717, 1.165) is 0 Å². The van der Waals surface area contributed by atoms with Crippen LogP contribution in [0, 0.1) is 0 Å². The van der Waals surface area contributed by atoms with Crippen molar-refractivity contribution in [2.24, 2.45) is 0 Å². The van der Waals surface area contributed by atoms with Gasteiger partial charge < -0.3 is 24.1 Å². The van der Waals surface area contributed by atoms with E-state index < -0.39 is 11.9 Å². The van der Waals surface area contributed by atoms with E-state index in [1.54, 1.807) is 0 Å². The van der Waals surface area contributed by atoms with Gasteiger partial charge in [-0.15, -0.1) is 0 Å². The third kappa shape index (κ3) is 2.29. The molecule has 0 aromatic heterocycles. The van der Waals surface area contributed by atoms with Gasteiger partial charge in [0.05, 0.1) is 7.11 Å². The number of carboxylic acid groups (broad SMARTS) is 1. The summed E-state index contributed by atoms with van der Waals surface area (Å²) in [5, 5.41) is 9.03. The van der Waals surface area contributed by atoms with Gasteiger partial charge in [0.15, 0.2) is 18.1 Å². The summed E-state index contributed by atoms with van der Waals surface area (Å²) < 4.78 is 19.6. The van der Waals surface area contributed by atoms with E-state index in [4.69, 9.17) is 19.3 Å². The number of carboxylic acids is 1. The molecule has 1 N–H and O–H groups in total. The van der Waals surface area contributed by atoms with E-state index in [1.165, 1.54) is 19.2 Å². The van der Waals surface area contributed by atoms with Crippen molar-refractivity contribution in [1.29, 1.82) is 0 Å². The molecule has 96 valence electrons. The molecular weight excluding hydrogens is 244 g/mol. The van der Waals surface area contributed by atoms with Crippen LogP contribution < -0.4 is 14.2 Å². The first-order valence-corrected chi connectivity index (χ1v) is 4.98. The number of aromatic carboxylic acids is 1. The van der Waals surface area contributed by atoms with Gasteiger partial charge in [0.2, 0.25) is 6.79 Å². The molecule has 18 heavy (non-hydrogen) atoms. The molecule has 0 bridgehead atoms. The van der Waals surface area contributed by atoms with Crippen molar-refractivity contribution in [2.75, 3.05) is 20.5 Å². The van der Waals surface area contributed by atoms with Crippen molar-refractivity contribution in [2.45, 2.75) is 0 Å². The predicted molar refractivity (Wildman–Crippen MR) is 57.0 cm³/mol. The molecule has 1 aromatic carbocycles. The van der Waals surface area contributed by atoms with Crippen molar-refractivity contribution in [3.05, 3.63) is 17.7 Å². The van der Waals surface area contributed by atoms with Crippen molar-refractivity contribution >= 4 is 11.9 Å². The van der Waals surface area contributed by atoms with Gasteiger partial charge >= 0.3 is 11.9 Å². The zero-order chi connectivity index (χ0) is 13.1. The van der Waals surface area contributed by atoms with Crippen LogP contribution in [-0.4, -0.2) is 37.6 Å². The molecule has 1 aliphatic rings. The number of hydrogen-bond acceptors (Lipinski definition) is 6. The lowest BCUT2D eigenvalue weighted by Crippen LogP contribution is -2.14. The quantitative estimate of drug-likeness (QED) is 0.789. The second kappa shape index (κ2) is 4.82. The van der Waals surface area contributed by atoms with Crippen molar-refractivity contribution in [1.82, 2.24) is 0 Å². The fourth-order valence-electron chi connectivity index (χ4n) is 1.41. The molecule has 7 nitrogen and oxygen atoms in total. The Balaban J connectivity index is 2.27. The Hall–Kier alpha value is -2.44. The summed E-state index contributed by atoms with van der Waals surface area (Å²) in [4.78, 5) is 22.0. The average molecular weight is 254 g/mol. The Morgan fingerprint density at radius 1 is 1.33 bits per heavy atom. The SMILES string of the molecule is COC(=O)COc1cc2c(cc1C(=O)O)OCO2. The number of hydrogen-bond donors (Lipinski definition) is 1. The number of carbonyl (C=O) groups is 2. The lowest BCUT2D eigenvalue weighted by Gasteiger charge is -2.09. The number of benzene rings is 1. The molecule has 0 amide bonds. The Labute approximate surface area is 102 Å². The van der Waals surface area contributed by atoms with Crippen LogP contribution in [0.5, 0.6) is 17.2 Å². The molecule has 7 heteroatoms. The highest BCUT2D eigenvalue weighted by Crippen LogP contribution is 2.38. The first-order chi connectivity index (χ1) is 8.61. The van der Waals surface area contributed by atoms with Crippen LogP contribution in [-0.2, 0) is 9.53 Å². The normalized spacial score (nSPS) is 12.1. The number of ether oxygens (including phenoxy) is 4. The molecule has 1 aromatic rings. The Morgan fingerprint density at radius 3 is 2.61 bits per heavy atom. The maximum atomic E-state index is 11.0. The van der Waals surface area contributed by atoms with Gasteiger partial charge in [-0.3, -0.25) is 0 Å². The van der Waals surface area contributed by atoms with Gasteiger partial charge in [-0.1, -0.05) is 0 Å². The largest absolute Gasteiger partial charge is 0.481 e. The summed E-state index contributed by atoms with van der Waals surface area (Å²) in [6, 6.07) is 2.66. The monoisotopic (exact) mass is 254 g/mol. The second-order valence-electron chi connectivity index (χ2n) is 3.37. The zero-order valence-electron chi connectivity index (χ0n) is 9.47. The van der Waals surface area contributed by atoms with Crippen LogP contribution in [0.1, 0.15) is 10.4 Å². The Morgan fingerprint density at radius 2 is 2.00 bits per heavy atom. The van der Waals surface area contributed by atoms with Crippen molar-refractivity contribution in [3.8, 4) is 17.2 Å². The van der Waals surface area contributed by atoms with Crippen molar-refractivity contribution in [3.63, 3.8) is 0 Å². The lowest BCUT2D eigenvalue weighted by molar-refractivity contribution is -0.142. The highest BCUT2D eigenvalue weighted by atomic mass is 16.7. The molecule has 0 radical (unpaired) electrons. The molecule has 0 aliphatic carbocycles. The standard InChI is InChI=1S/C11H10O7/c1-15-10(12)4-16-7-3-9-8(17-5-18-9)2-6(7)11(13)14/h2-3H,4-5H2,1H3,(H,13,14). The summed E-state index contributed by atoms with van der Waals surface area (Å²) in [6.07, 6.45) is 0. The number of rotatable bonds is 4. The van der Waals surface area contributed by atoms with E-state index >= 15 is 0 Å². The molecule has 0 fully saturated rings. The van der Waals surface area contributed by atoms with E-state index in [9.17, 15) is 9.59 Å². The molecule has 0 saturated heterocycles. The van der Waals surface area contributed by atoms with Crippen LogP contribution in [0.15, 0.2) is 12.1 Å². The van der Waals surface area contributed by atoms with E-state index in [0.29, 0.717) is 11.5 Å². The molecule has 0 atom stereocenters. The minimum atomic E-state index is -1.19.